The molecule has 7 heteroatoms. The number of rotatable bonds is 4. The van der Waals surface area contributed by atoms with Crippen LogP contribution in [0.4, 0.5) is 0 Å². The van der Waals surface area contributed by atoms with Gasteiger partial charge in [0.15, 0.2) is 11.5 Å². The van der Waals surface area contributed by atoms with Crippen molar-refractivity contribution in [3.8, 4) is 29.1 Å². The second kappa shape index (κ2) is 7.33. The van der Waals surface area contributed by atoms with E-state index >= 15 is 0 Å². The molecule has 0 atom stereocenters. The molecule has 4 rings (SSSR count). The topological polar surface area (TPSA) is 69.7 Å². The van der Waals surface area contributed by atoms with E-state index in [1.165, 1.54) is 11.3 Å². The lowest BCUT2D eigenvalue weighted by molar-refractivity contribution is 0.0959. The van der Waals surface area contributed by atoms with Crippen LogP contribution in [0, 0.1) is 11.8 Å². The highest BCUT2D eigenvalue weighted by Crippen LogP contribution is 2.34. The number of nitrogens with zero attached hydrogens (tertiary/aromatic N) is 1. The molecule has 0 unspecified atom stereocenters. The fourth-order valence-electron chi connectivity index (χ4n) is 2.42. The van der Waals surface area contributed by atoms with Crippen molar-refractivity contribution >= 4 is 27.5 Å². The van der Waals surface area contributed by atoms with E-state index in [0.717, 1.165) is 10.2 Å². The van der Waals surface area contributed by atoms with Gasteiger partial charge in [0, 0.05) is 11.6 Å². The molecule has 1 aliphatic rings. The Labute approximate surface area is 153 Å². The molecular weight excluding hydrogens is 352 g/mol. The van der Waals surface area contributed by atoms with E-state index in [-0.39, 0.29) is 25.9 Å². The average molecular weight is 366 g/mol. The molecule has 0 bridgehead atoms. The molecule has 2 aromatic carbocycles. The van der Waals surface area contributed by atoms with Gasteiger partial charge < -0.3 is 19.5 Å². The van der Waals surface area contributed by atoms with Gasteiger partial charge in [-0.15, -0.1) is 11.3 Å². The fraction of sp³-hybridized carbons (Fsp3) is 0.158. The van der Waals surface area contributed by atoms with Crippen molar-refractivity contribution in [3.05, 3.63) is 47.5 Å². The lowest BCUT2D eigenvalue weighted by Gasteiger charge is -2.03. The fourth-order valence-corrected chi connectivity index (χ4v) is 3.14. The van der Waals surface area contributed by atoms with Gasteiger partial charge in [-0.1, -0.05) is 11.8 Å². The van der Waals surface area contributed by atoms with Gasteiger partial charge in [0.25, 0.3) is 5.91 Å². The van der Waals surface area contributed by atoms with Gasteiger partial charge in [-0.2, -0.15) is 0 Å². The number of amides is 1. The summed E-state index contributed by atoms with van der Waals surface area (Å²) in [4.78, 5) is 16.3. The van der Waals surface area contributed by atoms with Crippen LogP contribution in [0.1, 0.15) is 10.4 Å². The van der Waals surface area contributed by atoms with Crippen molar-refractivity contribution in [1.82, 2.24) is 10.3 Å². The molecule has 0 saturated carbocycles. The summed E-state index contributed by atoms with van der Waals surface area (Å²) in [6, 6.07) is 10.8. The molecule has 0 saturated heterocycles. The number of hydrogen-bond acceptors (Lipinski definition) is 6. The SMILES string of the molecule is O=C(NCC#CCOc1ccc2c(c1)OCO2)c1ccc2ncsc2c1. The third-order valence-electron chi connectivity index (χ3n) is 3.71. The lowest BCUT2D eigenvalue weighted by atomic mass is 10.2. The average Bonchev–Trinajstić information content (AvgIpc) is 3.32. The Hall–Kier alpha value is -3.24. The number of hydrogen-bond donors (Lipinski definition) is 1. The summed E-state index contributed by atoms with van der Waals surface area (Å²) in [6.45, 7) is 0.709. The molecule has 0 spiro atoms. The zero-order valence-corrected chi connectivity index (χ0v) is 14.5. The van der Waals surface area contributed by atoms with Gasteiger partial charge in [0.05, 0.1) is 22.3 Å². The van der Waals surface area contributed by atoms with E-state index in [1.54, 1.807) is 29.8 Å². The number of aromatic nitrogens is 1. The van der Waals surface area contributed by atoms with Crippen molar-refractivity contribution in [2.24, 2.45) is 0 Å². The van der Waals surface area contributed by atoms with Crippen molar-refractivity contribution in [1.29, 1.82) is 0 Å². The molecule has 6 nitrogen and oxygen atoms in total. The van der Waals surface area contributed by atoms with Crippen molar-refractivity contribution in [3.63, 3.8) is 0 Å². The molecule has 1 aromatic heterocycles. The predicted octanol–water partition coefficient (Wildman–Crippen LogP) is 2.84. The number of carbonyl (C=O) groups is 1. The largest absolute Gasteiger partial charge is 0.481 e. The first kappa shape index (κ1) is 16.2. The minimum Gasteiger partial charge on any atom is -0.481 e. The van der Waals surface area contributed by atoms with Crippen LogP contribution in [0.15, 0.2) is 41.9 Å². The quantitative estimate of drug-likeness (QED) is 0.719. The Morgan fingerprint density at radius 2 is 2.12 bits per heavy atom. The first-order valence-electron chi connectivity index (χ1n) is 7.89. The van der Waals surface area contributed by atoms with Crippen LogP contribution in [-0.4, -0.2) is 30.8 Å². The third-order valence-corrected chi connectivity index (χ3v) is 4.50. The zero-order chi connectivity index (χ0) is 17.8. The molecule has 2 heterocycles. The Morgan fingerprint density at radius 1 is 1.19 bits per heavy atom. The van der Waals surface area contributed by atoms with Gasteiger partial charge in [0.2, 0.25) is 6.79 Å². The van der Waals surface area contributed by atoms with Crippen LogP contribution in [0.25, 0.3) is 10.2 Å². The zero-order valence-electron chi connectivity index (χ0n) is 13.7. The van der Waals surface area contributed by atoms with E-state index in [4.69, 9.17) is 14.2 Å². The number of carbonyl (C=O) groups excluding carboxylic acids is 1. The van der Waals surface area contributed by atoms with Crippen LogP contribution < -0.4 is 19.5 Å². The van der Waals surface area contributed by atoms with E-state index in [2.05, 4.69) is 22.1 Å². The summed E-state index contributed by atoms with van der Waals surface area (Å²) in [5.41, 5.74) is 3.25. The number of ether oxygens (including phenoxy) is 3. The summed E-state index contributed by atoms with van der Waals surface area (Å²) < 4.78 is 17.0. The summed E-state index contributed by atoms with van der Waals surface area (Å²) in [7, 11) is 0. The van der Waals surface area contributed by atoms with Gasteiger partial charge in [-0.05, 0) is 30.3 Å². The highest BCUT2D eigenvalue weighted by molar-refractivity contribution is 7.16. The van der Waals surface area contributed by atoms with Crippen molar-refractivity contribution in [2.45, 2.75) is 0 Å². The summed E-state index contributed by atoms with van der Waals surface area (Å²) >= 11 is 1.51. The Morgan fingerprint density at radius 3 is 3.08 bits per heavy atom. The summed E-state index contributed by atoms with van der Waals surface area (Å²) in [6.07, 6.45) is 0. The van der Waals surface area contributed by atoms with Crippen molar-refractivity contribution in [2.75, 3.05) is 19.9 Å². The first-order chi connectivity index (χ1) is 12.8. The number of benzene rings is 2. The van der Waals surface area contributed by atoms with Gasteiger partial charge in [0.1, 0.15) is 12.4 Å². The molecule has 3 aromatic rings. The van der Waals surface area contributed by atoms with Crippen LogP contribution >= 0.6 is 11.3 Å². The molecular formula is C19H14N2O4S. The second-order valence-corrected chi connectivity index (χ2v) is 6.26. The highest BCUT2D eigenvalue weighted by atomic mass is 32.1. The molecule has 1 N–H and O–H groups in total. The first-order valence-corrected chi connectivity index (χ1v) is 8.77. The smallest absolute Gasteiger partial charge is 0.252 e. The van der Waals surface area contributed by atoms with Gasteiger partial charge >= 0.3 is 0 Å². The lowest BCUT2D eigenvalue weighted by Crippen LogP contribution is -2.23. The number of fused-ring (bicyclic) bond motifs is 2. The Bertz CT molecular complexity index is 1020. The van der Waals surface area contributed by atoms with E-state index < -0.39 is 0 Å². The maximum Gasteiger partial charge on any atom is 0.252 e. The normalized spacial score (nSPS) is 11.7. The van der Waals surface area contributed by atoms with Crippen LogP contribution in [0.2, 0.25) is 0 Å². The van der Waals surface area contributed by atoms with Gasteiger partial charge in [-0.3, -0.25) is 4.79 Å². The Balaban J connectivity index is 1.25. The molecule has 0 fully saturated rings. The third kappa shape index (κ3) is 3.55. The standard InChI is InChI=1S/C19H14N2O4S/c22-19(13-3-5-15-18(9-13)26-11-21-15)20-7-1-2-8-23-14-4-6-16-17(10-14)25-12-24-16/h3-6,9-11H,7-8,12H2,(H,20,22). The highest BCUT2D eigenvalue weighted by Gasteiger charge is 2.13. The maximum atomic E-state index is 12.1. The van der Waals surface area contributed by atoms with Crippen molar-refractivity contribution < 1.29 is 19.0 Å². The van der Waals surface area contributed by atoms with E-state index in [0.29, 0.717) is 22.8 Å². The maximum absolute atomic E-state index is 12.1. The van der Waals surface area contributed by atoms with Crippen LogP contribution in [0.3, 0.4) is 0 Å². The molecule has 1 amide bonds. The number of thiazole rings is 1. The molecule has 130 valence electrons. The molecule has 0 aliphatic carbocycles. The molecule has 0 radical (unpaired) electrons. The predicted molar refractivity (Wildman–Crippen MR) is 97.8 cm³/mol. The molecule has 26 heavy (non-hydrogen) atoms. The minimum atomic E-state index is -0.161. The van der Waals surface area contributed by atoms with Gasteiger partial charge in [-0.25, -0.2) is 4.98 Å². The van der Waals surface area contributed by atoms with E-state index in [9.17, 15) is 4.79 Å². The monoisotopic (exact) mass is 366 g/mol. The molecule has 1 aliphatic heterocycles. The van der Waals surface area contributed by atoms with Crippen LogP contribution in [-0.2, 0) is 0 Å². The number of nitrogens with one attached hydrogen (secondary N) is 1. The van der Waals surface area contributed by atoms with E-state index in [1.807, 2.05) is 12.1 Å². The van der Waals surface area contributed by atoms with Crippen LogP contribution in [0.5, 0.6) is 17.2 Å². The minimum absolute atomic E-state index is 0.161. The Kier molecular flexibility index (Phi) is 4.58. The summed E-state index contributed by atoms with van der Waals surface area (Å²) in [5, 5.41) is 2.77. The second-order valence-electron chi connectivity index (χ2n) is 5.37. The summed E-state index contributed by atoms with van der Waals surface area (Å²) in [5.74, 6) is 7.61.